The van der Waals surface area contributed by atoms with Crippen LogP contribution >= 0.6 is 0 Å². The number of nitrogens with two attached hydrogens (primary N) is 1. The maximum absolute atomic E-state index is 6.17. The van der Waals surface area contributed by atoms with Gasteiger partial charge >= 0.3 is 0 Å². The van der Waals surface area contributed by atoms with Crippen LogP contribution in [0.1, 0.15) is 78.6 Å². The van der Waals surface area contributed by atoms with Crippen molar-refractivity contribution in [1.82, 2.24) is 4.90 Å². The van der Waals surface area contributed by atoms with Gasteiger partial charge in [0.05, 0.1) is 6.17 Å². The summed E-state index contributed by atoms with van der Waals surface area (Å²) in [6.07, 6.45) is 12.1. The minimum Gasteiger partial charge on any atom is -0.316 e. The minimum absolute atomic E-state index is 0.276. The molecule has 0 aliphatic heterocycles. The molecule has 0 bridgehead atoms. The maximum Gasteiger partial charge on any atom is 0.0569 e. The molecule has 1 unspecified atom stereocenters. The van der Waals surface area contributed by atoms with Crippen LogP contribution in [-0.2, 0) is 0 Å². The molecular weight excluding hydrogens is 208 g/mol. The highest BCUT2D eigenvalue weighted by Gasteiger charge is 2.11. The first-order chi connectivity index (χ1) is 8.26. The van der Waals surface area contributed by atoms with E-state index in [2.05, 4.69) is 25.7 Å². The van der Waals surface area contributed by atoms with Gasteiger partial charge in [-0.1, -0.05) is 59.3 Å². The van der Waals surface area contributed by atoms with E-state index in [-0.39, 0.29) is 6.17 Å². The van der Waals surface area contributed by atoms with Crippen molar-refractivity contribution in [2.45, 2.75) is 84.7 Å². The fraction of sp³-hybridized carbons (Fsp3) is 1.00. The number of unbranched alkanes of at least 4 members (excludes halogenated alkanes) is 6. The molecule has 2 N–H and O–H groups in total. The Morgan fingerprint density at radius 3 is 1.59 bits per heavy atom. The van der Waals surface area contributed by atoms with Crippen molar-refractivity contribution in [2.24, 2.45) is 5.73 Å². The first kappa shape index (κ1) is 16.9. The van der Waals surface area contributed by atoms with Gasteiger partial charge in [-0.15, -0.1) is 0 Å². The highest BCUT2D eigenvalue weighted by molar-refractivity contribution is 4.65. The summed E-state index contributed by atoms with van der Waals surface area (Å²) in [7, 11) is 0. The van der Waals surface area contributed by atoms with Gasteiger partial charge in [0.2, 0.25) is 0 Å². The zero-order chi connectivity index (χ0) is 12.9. The number of hydrogen-bond acceptors (Lipinski definition) is 2. The Bertz CT molecular complexity index is 136. The topological polar surface area (TPSA) is 29.3 Å². The summed E-state index contributed by atoms with van der Waals surface area (Å²) in [5.41, 5.74) is 6.17. The highest BCUT2D eigenvalue weighted by Crippen LogP contribution is 2.08. The monoisotopic (exact) mass is 242 g/mol. The van der Waals surface area contributed by atoms with Gasteiger partial charge in [0.15, 0.2) is 0 Å². The summed E-state index contributed by atoms with van der Waals surface area (Å²) in [5.74, 6) is 0. The van der Waals surface area contributed by atoms with E-state index in [0.717, 1.165) is 6.42 Å². The lowest BCUT2D eigenvalue weighted by molar-refractivity contribution is 0.186. The summed E-state index contributed by atoms with van der Waals surface area (Å²) >= 11 is 0. The third kappa shape index (κ3) is 9.61. The lowest BCUT2D eigenvalue weighted by Crippen LogP contribution is -2.42. The second kappa shape index (κ2) is 12.4. The van der Waals surface area contributed by atoms with E-state index in [9.17, 15) is 0 Å². The predicted molar refractivity (Wildman–Crippen MR) is 78.1 cm³/mol. The van der Waals surface area contributed by atoms with E-state index < -0.39 is 0 Å². The van der Waals surface area contributed by atoms with Gasteiger partial charge in [0.25, 0.3) is 0 Å². The van der Waals surface area contributed by atoms with Gasteiger partial charge in [-0.05, 0) is 32.4 Å². The van der Waals surface area contributed by atoms with Gasteiger partial charge in [-0.2, -0.15) is 0 Å². The van der Waals surface area contributed by atoms with E-state index >= 15 is 0 Å². The third-order valence-corrected chi connectivity index (χ3v) is 3.49. The van der Waals surface area contributed by atoms with Crippen molar-refractivity contribution in [3.05, 3.63) is 0 Å². The van der Waals surface area contributed by atoms with Gasteiger partial charge in [-0.25, -0.2) is 0 Å². The fourth-order valence-corrected chi connectivity index (χ4v) is 2.18. The molecule has 1 atom stereocenters. The van der Waals surface area contributed by atoms with Crippen molar-refractivity contribution in [2.75, 3.05) is 13.1 Å². The zero-order valence-electron chi connectivity index (χ0n) is 12.4. The van der Waals surface area contributed by atoms with Crippen molar-refractivity contribution >= 4 is 0 Å². The Kier molecular flexibility index (Phi) is 12.3. The quantitative estimate of drug-likeness (QED) is 0.411. The molecule has 2 nitrogen and oxygen atoms in total. The average molecular weight is 242 g/mol. The molecule has 0 saturated carbocycles. The molecule has 17 heavy (non-hydrogen) atoms. The summed E-state index contributed by atoms with van der Waals surface area (Å²) in [5, 5.41) is 0. The molecule has 104 valence electrons. The third-order valence-electron chi connectivity index (χ3n) is 3.49. The Morgan fingerprint density at radius 1 is 0.765 bits per heavy atom. The van der Waals surface area contributed by atoms with Crippen molar-refractivity contribution in [1.29, 1.82) is 0 Å². The molecule has 0 saturated heterocycles. The van der Waals surface area contributed by atoms with E-state index in [1.165, 1.54) is 64.5 Å². The van der Waals surface area contributed by atoms with E-state index in [1.807, 2.05) is 0 Å². The highest BCUT2D eigenvalue weighted by atomic mass is 15.2. The second-order valence-corrected chi connectivity index (χ2v) is 5.13. The lowest BCUT2D eigenvalue weighted by atomic mass is 10.1. The summed E-state index contributed by atoms with van der Waals surface area (Å²) in [6.45, 7) is 9.11. The standard InChI is InChI=1S/C15H34N2/c1-4-7-9-11-13-17(15(16)6-3)14-12-10-8-5-2/h15H,4-14,16H2,1-3H3. The van der Waals surface area contributed by atoms with E-state index in [0.29, 0.717) is 0 Å². The van der Waals surface area contributed by atoms with Crippen LogP contribution < -0.4 is 5.73 Å². The van der Waals surface area contributed by atoms with Crippen molar-refractivity contribution in [3.63, 3.8) is 0 Å². The van der Waals surface area contributed by atoms with Crippen LogP contribution in [0.4, 0.5) is 0 Å². The molecular formula is C15H34N2. The first-order valence-corrected chi connectivity index (χ1v) is 7.75. The Balaban J connectivity index is 3.72. The van der Waals surface area contributed by atoms with E-state index in [1.54, 1.807) is 0 Å². The van der Waals surface area contributed by atoms with Crippen molar-refractivity contribution in [3.8, 4) is 0 Å². The Hall–Kier alpha value is -0.0800. The summed E-state index contributed by atoms with van der Waals surface area (Å²) < 4.78 is 0. The van der Waals surface area contributed by atoms with Gasteiger partial charge < -0.3 is 5.73 Å². The Morgan fingerprint density at radius 2 is 1.24 bits per heavy atom. The van der Waals surface area contributed by atoms with Gasteiger partial charge in [0.1, 0.15) is 0 Å². The molecule has 0 heterocycles. The fourth-order valence-electron chi connectivity index (χ4n) is 2.18. The lowest BCUT2D eigenvalue weighted by Gasteiger charge is -2.28. The van der Waals surface area contributed by atoms with E-state index in [4.69, 9.17) is 5.73 Å². The van der Waals surface area contributed by atoms with Crippen LogP contribution in [0.25, 0.3) is 0 Å². The van der Waals surface area contributed by atoms with Crippen LogP contribution in [0.15, 0.2) is 0 Å². The molecule has 0 spiro atoms. The van der Waals surface area contributed by atoms with Crippen LogP contribution in [0.3, 0.4) is 0 Å². The Labute approximate surface area is 109 Å². The predicted octanol–water partition coefficient (Wildman–Crippen LogP) is 4.14. The van der Waals surface area contributed by atoms with Crippen LogP contribution in [0, 0.1) is 0 Å². The maximum atomic E-state index is 6.17. The number of nitrogens with zero attached hydrogens (tertiary/aromatic N) is 1. The molecule has 0 rings (SSSR count). The smallest absolute Gasteiger partial charge is 0.0569 e. The molecule has 0 fully saturated rings. The first-order valence-electron chi connectivity index (χ1n) is 7.75. The molecule has 2 heteroatoms. The SMILES string of the molecule is CCCCCCN(CCCCCC)C(N)CC. The minimum atomic E-state index is 0.276. The molecule has 0 aromatic carbocycles. The van der Waals surface area contributed by atoms with Crippen LogP contribution in [0.2, 0.25) is 0 Å². The number of hydrogen-bond donors (Lipinski definition) is 1. The summed E-state index contributed by atoms with van der Waals surface area (Å²) in [4.78, 5) is 2.49. The average Bonchev–Trinajstić information content (AvgIpc) is 2.36. The molecule has 0 aromatic rings. The summed E-state index contributed by atoms with van der Waals surface area (Å²) in [6, 6.07) is 0. The molecule has 0 aromatic heterocycles. The molecule has 0 aliphatic carbocycles. The second-order valence-electron chi connectivity index (χ2n) is 5.13. The molecule has 0 amide bonds. The molecule has 0 radical (unpaired) electrons. The van der Waals surface area contributed by atoms with Crippen LogP contribution in [-0.4, -0.2) is 24.2 Å². The van der Waals surface area contributed by atoms with Gasteiger partial charge in [0, 0.05) is 0 Å². The largest absolute Gasteiger partial charge is 0.316 e. The zero-order valence-corrected chi connectivity index (χ0v) is 12.4. The van der Waals surface area contributed by atoms with Crippen LogP contribution in [0.5, 0.6) is 0 Å². The normalized spacial score (nSPS) is 13.2. The number of rotatable bonds is 12. The molecule has 0 aliphatic rings. The van der Waals surface area contributed by atoms with Gasteiger partial charge in [-0.3, -0.25) is 4.90 Å². The van der Waals surface area contributed by atoms with Crippen molar-refractivity contribution < 1.29 is 0 Å².